The van der Waals surface area contributed by atoms with Gasteiger partial charge in [0, 0.05) is 18.0 Å². The zero-order chi connectivity index (χ0) is 15.2. The lowest BCUT2D eigenvalue weighted by atomic mass is 10.1. The van der Waals surface area contributed by atoms with Gasteiger partial charge < -0.3 is 10.1 Å². The predicted octanol–water partition coefficient (Wildman–Crippen LogP) is 2.20. The number of nitrogens with zero attached hydrogens (tertiary/aromatic N) is 2. The Kier molecular flexibility index (Phi) is 4.99. The van der Waals surface area contributed by atoms with Crippen molar-refractivity contribution in [1.82, 2.24) is 9.36 Å². The SMILES string of the molecule is COC(=O)c1nsc(NC(=O)CCc2ccc(C)cc2)n1. The molecule has 2 rings (SSSR count). The third kappa shape index (κ3) is 4.35. The molecule has 0 aliphatic rings. The first-order chi connectivity index (χ1) is 10.1. The molecule has 0 saturated carbocycles. The van der Waals surface area contributed by atoms with Crippen molar-refractivity contribution in [3.05, 3.63) is 41.2 Å². The lowest BCUT2D eigenvalue weighted by molar-refractivity contribution is -0.116. The molecule has 7 heteroatoms. The fraction of sp³-hybridized carbons (Fsp3) is 0.286. The largest absolute Gasteiger partial charge is 0.463 e. The normalized spacial score (nSPS) is 10.2. The minimum atomic E-state index is -0.619. The van der Waals surface area contributed by atoms with Crippen molar-refractivity contribution < 1.29 is 14.3 Å². The standard InChI is InChI=1S/C14H15N3O3S/c1-9-3-5-10(6-4-9)7-8-11(18)15-14-16-12(17-21-14)13(19)20-2/h3-6H,7-8H2,1-2H3,(H,15,16,17,18). The second-order valence-electron chi connectivity index (χ2n) is 4.45. The van der Waals surface area contributed by atoms with E-state index in [1.165, 1.54) is 12.7 Å². The molecular formula is C14H15N3O3S. The summed E-state index contributed by atoms with van der Waals surface area (Å²) in [5.74, 6) is -0.828. The summed E-state index contributed by atoms with van der Waals surface area (Å²) in [5, 5.41) is 2.92. The molecule has 1 aromatic carbocycles. The predicted molar refractivity (Wildman–Crippen MR) is 79.4 cm³/mol. The van der Waals surface area contributed by atoms with Gasteiger partial charge in [-0.3, -0.25) is 4.79 Å². The van der Waals surface area contributed by atoms with E-state index in [4.69, 9.17) is 0 Å². The van der Waals surface area contributed by atoms with Crippen molar-refractivity contribution in [2.45, 2.75) is 19.8 Å². The summed E-state index contributed by atoms with van der Waals surface area (Å²) in [4.78, 5) is 26.9. The first-order valence-corrected chi connectivity index (χ1v) is 7.13. The lowest BCUT2D eigenvalue weighted by Crippen LogP contribution is -2.12. The zero-order valence-corrected chi connectivity index (χ0v) is 12.6. The fourth-order valence-electron chi connectivity index (χ4n) is 1.64. The van der Waals surface area contributed by atoms with Crippen molar-refractivity contribution in [1.29, 1.82) is 0 Å². The molecule has 0 atom stereocenters. The number of benzene rings is 1. The van der Waals surface area contributed by atoms with Crippen LogP contribution < -0.4 is 5.32 Å². The van der Waals surface area contributed by atoms with Crippen LogP contribution in [0.15, 0.2) is 24.3 Å². The van der Waals surface area contributed by atoms with Gasteiger partial charge in [-0.1, -0.05) is 29.8 Å². The molecule has 110 valence electrons. The van der Waals surface area contributed by atoms with Crippen LogP contribution in [0.4, 0.5) is 5.13 Å². The molecule has 0 fully saturated rings. The molecule has 0 radical (unpaired) electrons. The summed E-state index contributed by atoms with van der Waals surface area (Å²) >= 11 is 0.951. The highest BCUT2D eigenvalue weighted by molar-refractivity contribution is 7.10. The van der Waals surface area contributed by atoms with Crippen LogP contribution >= 0.6 is 11.5 Å². The van der Waals surface area contributed by atoms with E-state index in [0.717, 1.165) is 17.1 Å². The summed E-state index contributed by atoms with van der Waals surface area (Å²) < 4.78 is 8.31. The maximum Gasteiger partial charge on any atom is 0.377 e. The molecule has 21 heavy (non-hydrogen) atoms. The van der Waals surface area contributed by atoms with Crippen LogP contribution in [0.1, 0.15) is 28.2 Å². The zero-order valence-electron chi connectivity index (χ0n) is 11.8. The Hall–Kier alpha value is -2.28. The van der Waals surface area contributed by atoms with E-state index in [1.807, 2.05) is 31.2 Å². The van der Waals surface area contributed by atoms with Gasteiger partial charge in [0.05, 0.1) is 7.11 Å². The number of amides is 1. The van der Waals surface area contributed by atoms with Gasteiger partial charge in [0.2, 0.25) is 11.0 Å². The van der Waals surface area contributed by atoms with Crippen molar-refractivity contribution in [3.8, 4) is 0 Å². The molecular weight excluding hydrogens is 290 g/mol. The highest BCUT2D eigenvalue weighted by Gasteiger charge is 2.14. The minimum Gasteiger partial charge on any atom is -0.463 e. The molecule has 1 amide bonds. The van der Waals surface area contributed by atoms with Crippen molar-refractivity contribution in [2.24, 2.45) is 0 Å². The van der Waals surface area contributed by atoms with Crippen LogP contribution in [-0.2, 0) is 16.0 Å². The summed E-state index contributed by atoms with van der Waals surface area (Å²) in [5.41, 5.74) is 2.29. The van der Waals surface area contributed by atoms with Gasteiger partial charge in [0.1, 0.15) is 0 Å². The first kappa shape index (κ1) is 15.1. The van der Waals surface area contributed by atoms with Gasteiger partial charge >= 0.3 is 5.97 Å². The number of methoxy groups -OCH3 is 1. The van der Waals surface area contributed by atoms with E-state index in [-0.39, 0.29) is 11.7 Å². The number of hydrogen-bond acceptors (Lipinski definition) is 6. The molecule has 0 saturated heterocycles. The quantitative estimate of drug-likeness (QED) is 0.856. The Bertz CT molecular complexity index is 637. The van der Waals surface area contributed by atoms with E-state index in [0.29, 0.717) is 18.0 Å². The Morgan fingerprint density at radius 2 is 2.00 bits per heavy atom. The Morgan fingerprint density at radius 3 is 2.67 bits per heavy atom. The highest BCUT2D eigenvalue weighted by atomic mass is 32.1. The number of anilines is 1. The van der Waals surface area contributed by atoms with Crippen LogP contribution in [-0.4, -0.2) is 28.3 Å². The number of aryl methyl sites for hydroxylation is 2. The maximum atomic E-state index is 11.8. The molecule has 0 bridgehead atoms. The van der Waals surface area contributed by atoms with Crippen molar-refractivity contribution >= 4 is 28.5 Å². The van der Waals surface area contributed by atoms with Gasteiger partial charge in [-0.15, -0.1) is 0 Å². The number of carbonyl (C=O) groups is 2. The Labute approximate surface area is 126 Å². The first-order valence-electron chi connectivity index (χ1n) is 6.36. The number of esters is 1. The van der Waals surface area contributed by atoms with E-state index < -0.39 is 5.97 Å². The molecule has 1 aromatic heterocycles. The number of carbonyl (C=O) groups excluding carboxylic acids is 2. The second-order valence-corrected chi connectivity index (χ2v) is 5.20. The van der Waals surface area contributed by atoms with E-state index in [2.05, 4.69) is 19.4 Å². The molecule has 0 unspecified atom stereocenters. The number of rotatable bonds is 5. The smallest absolute Gasteiger partial charge is 0.377 e. The van der Waals surface area contributed by atoms with Crippen LogP contribution in [0.3, 0.4) is 0 Å². The maximum absolute atomic E-state index is 11.8. The second kappa shape index (κ2) is 6.94. The molecule has 2 aromatic rings. The van der Waals surface area contributed by atoms with Crippen molar-refractivity contribution in [3.63, 3.8) is 0 Å². The number of hydrogen-bond donors (Lipinski definition) is 1. The van der Waals surface area contributed by atoms with Crippen LogP contribution in [0.5, 0.6) is 0 Å². The summed E-state index contributed by atoms with van der Waals surface area (Å²) in [6.07, 6.45) is 0.991. The van der Waals surface area contributed by atoms with Crippen LogP contribution in [0.2, 0.25) is 0 Å². The Morgan fingerprint density at radius 1 is 1.29 bits per heavy atom. The fourth-order valence-corrected chi connectivity index (χ4v) is 2.22. The molecule has 0 spiro atoms. The molecule has 0 aliphatic heterocycles. The van der Waals surface area contributed by atoms with E-state index in [1.54, 1.807) is 0 Å². The van der Waals surface area contributed by atoms with Gasteiger partial charge in [0.25, 0.3) is 5.82 Å². The Balaban J connectivity index is 1.85. The average Bonchev–Trinajstić information content (AvgIpc) is 2.94. The van der Waals surface area contributed by atoms with Crippen LogP contribution in [0, 0.1) is 6.92 Å². The van der Waals surface area contributed by atoms with E-state index >= 15 is 0 Å². The number of aromatic nitrogens is 2. The van der Waals surface area contributed by atoms with Gasteiger partial charge in [-0.05, 0) is 18.9 Å². The summed E-state index contributed by atoms with van der Waals surface area (Å²) in [6, 6.07) is 8.03. The van der Waals surface area contributed by atoms with Gasteiger partial charge in [0.15, 0.2) is 0 Å². The van der Waals surface area contributed by atoms with Gasteiger partial charge in [-0.25, -0.2) is 4.79 Å². The average molecular weight is 305 g/mol. The third-order valence-corrected chi connectivity index (χ3v) is 3.43. The summed E-state index contributed by atoms with van der Waals surface area (Å²) in [6.45, 7) is 2.02. The minimum absolute atomic E-state index is 0.0451. The monoisotopic (exact) mass is 305 g/mol. The topological polar surface area (TPSA) is 81.2 Å². The summed E-state index contributed by atoms with van der Waals surface area (Å²) in [7, 11) is 1.25. The molecule has 1 heterocycles. The van der Waals surface area contributed by atoms with Crippen LogP contribution in [0.25, 0.3) is 0 Å². The highest BCUT2D eigenvalue weighted by Crippen LogP contribution is 2.13. The molecule has 0 aliphatic carbocycles. The number of nitrogens with one attached hydrogen (secondary N) is 1. The third-order valence-electron chi connectivity index (χ3n) is 2.80. The number of ether oxygens (including phenoxy) is 1. The molecule has 6 nitrogen and oxygen atoms in total. The molecule has 1 N–H and O–H groups in total. The van der Waals surface area contributed by atoms with Crippen molar-refractivity contribution in [2.75, 3.05) is 12.4 Å². The lowest BCUT2D eigenvalue weighted by Gasteiger charge is -2.02. The van der Waals surface area contributed by atoms with E-state index in [9.17, 15) is 9.59 Å². The van der Waals surface area contributed by atoms with Gasteiger partial charge in [-0.2, -0.15) is 9.36 Å².